The van der Waals surface area contributed by atoms with Gasteiger partial charge in [0.25, 0.3) is 0 Å². The van der Waals surface area contributed by atoms with E-state index in [1.54, 1.807) is 0 Å². The Labute approximate surface area is 299 Å². The Balaban J connectivity index is 1.36. The van der Waals surface area contributed by atoms with E-state index in [4.69, 9.17) is 0 Å². The second-order valence-electron chi connectivity index (χ2n) is 12.9. The lowest BCUT2D eigenvalue weighted by atomic mass is 9.89. The third kappa shape index (κ3) is 5.65. The molecule has 0 atom stereocenters. The van der Waals surface area contributed by atoms with Gasteiger partial charge >= 0.3 is 0 Å². The van der Waals surface area contributed by atoms with E-state index in [9.17, 15) is 0 Å². The summed E-state index contributed by atoms with van der Waals surface area (Å²) in [5.41, 5.74) is 13.0. The van der Waals surface area contributed by atoms with Gasteiger partial charge in [-0.15, -0.1) is 0 Å². The molecular formula is C50H35N. The smallest absolute Gasteiger partial charge is 0.0624 e. The quantitative estimate of drug-likeness (QED) is 0.155. The number of anilines is 3. The van der Waals surface area contributed by atoms with Crippen LogP contribution in [-0.4, -0.2) is 0 Å². The Morgan fingerprint density at radius 2 is 0.686 bits per heavy atom. The summed E-state index contributed by atoms with van der Waals surface area (Å²) in [5.74, 6) is 0. The van der Waals surface area contributed by atoms with Gasteiger partial charge in [-0.1, -0.05) is 188 Å². The fourth-order valence-corrected chi connectivity index (χ4v) is 7.49. The molecular weight excluding hydrogens is 615 g/mol. The molecule has 0 amide bonds. The minimum atomic E-state index is 1.10. The first-order valence-corrected chi connectivity index (χ1v) is 17.5. The number of fused-ring (bicyclic) bond motifs is 3. The molecule has 0 bridgehead atoms. The first kappa shape index (κ1) is 30.4. The SMILES string of the molecule is c1ccc(-c2ccc(-c3c(N(c4ccccc4)c4ccc(-c5ccccc5)c(-c5ccccc5)c4)c4ccccc4c4ccccc34)cc2)cc1. The van der Waals surface area contributed by atoms with Crippen molar-refractivity contribution >= 4 is 38.6 Å². The number of nitrogens with zero attached hydrogens (tertiary/aromatic N) is 1. The summed E-state index contributed by atoms with van der Waals surface area (Å²) >= 11 is 0. The molecule has 0 aliphatic heterocycles. The van der Waals surface area contributed by atoms with Gasteiger partial charge in [0.15, 0.2) is 0 Å². The van der Waals surface area contributed by atoms with Crippen molar-refractivity contribution in [2.24, 2.45) is 0 Å². The lowest BCUT2D eigenvalue weighted by molar-refractivity contribution is 1.30. The van der Waals surface area contributed by atoms with Gasteiger partial charge in [-0.25, -0.2) is 0 Å². The zero-order valence-corrected chi connectivity index (χ0v) is 28.2. The van der Waals surface area contributed by atoms with E-state index in [0.717, 1.165) is 17.1 Å². The molecule has 0 aliphatic carbocycles. The van der Waals surface area contributed by atoms with Crippen LogP contribution in [0.1, 0.15) is 0 Å². The fraction of sp³-hybridized carbons (Fsp3) is 0. The van der Waals surface area contributed by atoms with Crippen LogP contribution in [0.15, 0.2) is 212 Å². The molecule has 0 unspecified atom stereocenters. The highest BCUT2D eigenvalue weighted by molar-refractivity contribution is 6.22. The summed E-state index contributed by atoms with van der Waals surface area (Å²) in [6, 6.07) is 76.7. The lowest BCUT2D eigenvalue weighted by Gasteiger charge is -2.31. The normalized spacial score (nSPS) is 11.1. The molecule has 9 aromatic carbocycles. The molecule has 0 fully saturated rings. The zero-order valence-electron chi connectivity index (χ0n) is 28.2. The van der Waals surface area contributed by atoms with Crippen molar-refractivity contribution in [1.29, 1.82) is 0 Å². The molecule has 0 radical (unpaired) electrons. The van der Waals surface area contributed by atoms with Crippen molar-refractivity contribution in [2.75, 3.05) is 4.90 Å². The molecule has 1 heteroatoms. The molecule has 0 heterocycles. The Kier molecular flexibility index (Phi) is 7.92. The Bertz CT molecular complexity index is 2590. The lowest BCUT2D eigenvalue weighted by Crippen LogP contribution is -2.12. The average molecular weight is 650 g/mol. The molecule has 240 valence electrons. The fourth-order valence-electron chi connectivity index (χ4n) is 7.49. The number of benzene rings is 9. The Hall–Kier alpha value is -6.70. The molecule has 9 aromatic rings. The molecule has 1 nitrogen and oxygen atoms in total. The van der Waals surface area contributed by atoms with E-state index in [2.05, 4.69) is 217 Å². The van der Waals surface area contributed by atoms with Crippen LogP contribution in [-0.2, 0) is 0 Å². The molecule has 0 saturated carbocycles. The van der Waals surface area contributed by atoms with E-state index >= 15 is 0 Å². The third-order valence-corrected chi connectivity index (χ3v) is 9.86. The Morgan fingerprint density at radius 1 is 0.255 bits per heavy atom. The monoisotopic (exact) mass is 649 g/mol. The van der Waals surface area contributed by atoms with E-state index in [1.165, 1.54) is 66.1 Å². The number of rotatable bonds is 7. The first-order chi connectivity index (χ1) is 25.3. The minimum Gasteiger partial charge on any atom is -0.309 e. The highest BCUT2D eigenvalue weighted by Crippen LogP contribution is 2.50. The minimum absolute atomic E-state index is 1.10. The Morgan fingerprint density at radius 3 is 1.29 bits per heavy atom. The highest BCUT2D eigenvalue weighted by Gasteiger charge is 2.24. The van der Waals surface area contributed by atoms with Crippen LogP contribution >= 0.6 is 0 Å². The third-order valence-electron chi connectivity index (χ3n) is 9.86. The van der Waals surface area contributed by atoms with Crippen LogP contribution < -0.4 is 4.90 Å². The second kappa shape index (κ2) is 13.3. The second-order valence-corrected chi connectivity index (χ2v) is 12.9. The van der Waals surface area contributed by atoms with E-state index in [0.29, 0.717) is 0 Å². The van der Waals surface area contributed by atoms with Gasteiger partial charge in [-0.2, -0.15) is 0 Å². The van der Waals surface area contributed by atoms with E-state index < -0.39 is 0 Å². The van der Waals surface area contributed by atoms with E-state index in [-0.39, 0.29) is 0 Å². The van der Waals surface area contributed by atoms with Crippen molar-refractivity contribution in [2.45, 2.75) is 0 Å². The standard InChI is InChI=1S/C50H35N/c1-5-17-36(18-6-1)37-29-31-40(32-30-37)49-46-27-15-13-25-44(46)45-26-14-16-28-47(45)50(49)51(41-23-11-4-12-24-41)42-33-34-43(38-19-7-2-8-20-38)48(35-42)39-21-9-3-10-22-39/h1-35H. The largest absolute Gasteiger partial charge is 0.309 e. The van der Waals surface area contributed by atoms with E-state index in [1.807, 2.05) is 0 Å². The summed E-state index contributed by atoms with van der Waals surface area (Å²) in [6.45, 7) is 0. The van der Waals surface area contributed by atoms with Gasteiger partial charge in [0.2, 0.25) is 0 Å². The van der Waals surface area contributed by atoms with Crippen molar-refractivity contribution in [3.8, 4) is 44.5 Å². The van der Waals surface area contributed by atoms with Crippen molar-refractivity contribution in [1.82, 2.24) is 0 Å². The van der Waals surface area contributed by atoms with Gasteiger partial charge in [0.05, 0.1) is 5.69 Å². The highest BCUT2D eigenvalue weighted by atomic mass is 15.1. The van der Waals surface area contributed by atoms with Crippen LogP contribution in [0.2, 0.25) is 0 Å². The van der Waals surface area contributed by atoms with Crippen LogP contribution in [0.3, 0.4) is 0 Å². The zero-order chi connectivity index (χ0) is 34.0. The molecule has 0 spiro atoms. The van der Waals surface area contributed by atoms with Crippen LogP contribution in [0.25, 0.3) is 66.1 Å². The van der Waals surface area contributed by atoms with Gasteiger partial charge in [-0.3, -0.25) is 0 Å². The number of para-hydroxylation sites is 1. The molecule has 9 rings (SSSR count). The molecule has 0 saturated heterocycles. The topological polar surface area (TPSA) is 3.24 Å². The maximum atomic E-state index is 2.47. The van der Waals surface area contributed by atoms with Crippen molar-refractivity contribution < 1.29 is 0 Å². The first-order valence-electron chi connectivity index (χ1n) is 17.5. The molecule has 0 N–H and O–H groups in total. The van der Waals surface area contributed by atoms with Crippen molar-refractivity contribution in [3.63, 3.8) is 0 Å². The maximum Gasteiger partial charge on any atom is 0.0624 e. The average Bonchev–Trinajstić information content (AvgIpc) is 3.22. The maximum absolute atomic E-state index is 2.47. The molecule has 0 aromatic heterocycles. The molecule has 0 aliphatic rings. The van der Waals surface area contributed by atoms with Gasteiger partial charge in [-0.05, 0) is 79.4 Å². The van der Waals surface area contributed by atoms with Gasteiger partial charge in [0.1, 0.15) is 0 Å². The van der Waals surface area contributed by atoms with Gasteiger partial charge in [0, 0.05) is 22.3 Å². The van der Waals surface area contributed by atoms with Crippen molar-refractivity contribution in [3.05, 3.63) is 212 Å². The summed E-state index contributed by atoms with van der Waals surface area (Å²) in [5, 5.41) is 4.91. The predicted molar refractivity (Wildman–Crippen MR) is 218 cm³/mol. The molecule has 51 heavy (non-hydrogen) atoms. The number of hydrogen-bond donors (Lipinski definition) is 0. The van der Waals surface area contributed by atoms with Crippen LogP contribution in [0.5, 0.6) is 0 Å². The summed E-state index contributed by atoms with van der Waals surface area (Å²) in [4.78, 5) is 2.47. The van der Waals surface area contributed by atoms with Crippen LogP contribution in [0, 0.1) is 0 Å². The predicted octanol–water partition coefficient (Wildman–Crippen LogP) is 14.1. The van der Waals surface area contributed by atoms with Gasteiger partial charge < -0.3 is 4.90 Å². The summed E-state index contributed by atoms with van der Waals surface area (Å²) in [7, 11) is 0. The summed E-state index contributed by atoms with van der Waals surface area (Å²) in [6.07, 6.45) is 0. The summed E-state index contributed by atoms with van der Waals surface area (Å²) < 4.78 is 0. The van der Waals surface area contributed by atoms with Crippen LogP contribution in [0.4, 0.5) is 17.1 Å². The number of hydrogen-bond acceptors (Lipinski definition) is 1.